The summed E-state index contributed by atoms with van der Waals surface area (Å²) >= 11 is 0. The minimum atomic E-state index is -0.333. The molecule has 0 atom stereocenters. The van der Waals surface area contributed by atoms with Crippen molar-refractivity contribution in [3.8, 4) is 5.88 Å². The number of aromatic nitrogens is 3. The van der Waals surface area contributed by atoms with Gasteiger partial charge in [-0.05, 0) is 14.1 Å². The standard InChI is InChI=1S/C9H12N4O2/c1-12(2)5-6-4-10-13-8(15)3-7(14)11-9(6)13/h3-4,15H,5H2,1-2H3,(H,11,14). The molecule has 0 spiro atoms. The Bertz CT molecular complexity index is 541. The van der Waals surface area contributed by atoms with Crippen LogP contribution in [0.4, 0.5) is 0 Å². The molecule has 0 bridgehead atoms. The van der Waals surface area contributed by atoms with Crippen molar-refractivity contribution < 1.29 is 5.11 Å². The van der Waals surface area contributed by atoms with E-state index in [0.717, 1.165) is 11.6 Å². The molecule has 0 saturated carbocycles. The van der Waals surface area contributed by atoms with Crippen LogP contribution in [0, 0.1) is 0 Å². The van der Waals surface area contributed by atoms with Crippen molar-refractivity contribution in [3.63, 3.8) is 0 Å². The lowest BCUT2D eigenvalue weighted by molar-refractivity contribution is 0.403. The second kappa shape index (κ2) is 3.39. The molecule has 2 N–H and O–H groups in total. The van der Waals surface area contributed by atoms with Gasteiger partial charge in [0, 0.05) is 12.1 Å². The van der Waals surface area contributed by atoms with Gasteiger partial charge in [-0.1, -0.05) is 0 Å². The Morgan fingerprint density at radius 2 is 2.33 bits per heavy atom. The first-order chi connectivity index (χ1) is 7.08. The summed E-state index contributed by atoms with van der Waals surface area (Å²) in [7, 11) is 3.84. The predicted molar refractivity (Wildman–Crippen MR) is 54.9 cm³/mol. The molecule has 2 aromatic heterocycles. The number of hydrogen-bond acceptors (Lipinski definition) is 4. The van der Waals surface area contributed by atoms with Crippen LogP contribution in [0.25, 0.3) is 5.65 Å². The van der Waals surface area contributed by atoms with Gasteiger partial charge in [0.1, 0.15) is 5.65 Å². The molecule has 0 aliphatic carbocycles. The quantitative estimate of drug-likeness (QED) is 0.716. The van der Waals surface area contributed by atoms with Gasteiger partial charge in [0.25, 0.3) is 5.56 Å². The van der Waals surface area contributed by atoms with Crippen molar-refractivity contribution in [3.05, 3.63) is 28.2 Å². The van der Waals surface area contributed by atoms with Crippen LogP contribution in [-0.2, 0) is 6.54 Å². The van der Waals surface area contributed by atoms with Gasteiger partial charge in [0.05, 0.1) is 12.3 Å². The molecular formula is C9H12N4O2. The number of aromatic amines is 1. The van der Waals surface area contributed by atoms with Crippen LogP contribution >= 0.6 is 0 Å². The Labute approximate surface area is 85.8 Å². The van der Waals surface area contributed by atoms with Crippen LogP contribution in [-0.4, -0.2) is 38.7 Å². The molecule has 15 heavy (non-hydrogen) atoms. The molecule has 0 saturated heterocycles. The molecule has 2 aromatic rings. The summed E-state index contributed by atoms with van der Waals surface area (Å²) in [5, 5.41) is 13.4. The third-order valence-corrected chi connectivity index (χ3v) is 2.05. The van der Waals surface area contributed by atoms with E-state index in [1.54, 1.807) is 6.20 Å². The van der Waals surface area contributed by atoms with E-state index in [-0.39, 0.29) is 11.4 Å². The Hall–Kier alpha value is -1.82. The van der Waals surface area contributed by atoms with Gasteiger partial charge in [-0.15, -0.1) is 0 Å². The smallest absolute Gasteiger partial charge is 0.254 e. The summed E-state index contributed by atoms with van der Waals surface area (Å²) < 4.78 is 1.31. The highest BCUT2D eigenvalue weighted by atomic mass is 16.3. The van der Waals surface area contributed by atoms with Crippen molar-refractivity contribution in [1.82, 2.24) is 19.5 Å². The molecule has 0 aromatic carbocycles. The maximum atomic E-state index is 11.2. The van der Waals surface area contributed by atoms with Crippen LogP contribution in [0.15, 0.2) is 17.1 Å². The van der Waals surface area contributed by atoms with Crippen molar-refractivity contribution in [1.29, 1.82) is 0 Å². The number of nitrogens with one attached hydrogen (secondary N) is 1. The Morgan fingerprint density at radius 3 is 3.00 bits per heavy atom. The molecule has 0 radical (unpaired) electrons. The lowest BCUT2D eigenvalue weighted by atomic mass is 10.3. The van der Waals surface area contributed by atoms with Gasteiger partial charge in [0.2, 0.25) is 5.88 Å². The third kappa shape index (κ3) is 1.71. The molecule has 0 fully saturated rings. The minimum absolute atomic E-state index is 0.154. The Morgan fingerprint density at radius 1 is 1.60 bits per heavy atom. The SMILES string of the molecule is CN(C)Cc1cnn2c(O)cc(=O)[nH]c12. The van der Waals surface area contributed by atoms with Crippen LogP contribution in [0.2, 0.25) is 0 Å². The first kappa shape index (κ1) is 9.72. The molecule has 80 valence electrons. The molecule has 0 aliphatic heterocycles. The van der Waals surface area contributed by atoms with Gasteiger partial charge in [0.15, 0.2) is 0 Å². The zero-order chi connectivity index (χ0) is 11.0. The van der Waals surface area contributed by atoms with Gasteiger partial charge in [-0.3, -0.25) is 4.79 Å². The summed E-state index contributed by atoms with van der Waals surface area (Å²) in [6, 6.07) is 1.10. The minimum Gasteiger partial charge on any atom is -0.493 e. The second-order valence-electron chi connectivity index (χ2n) is 3.66. The summed E-state index contributed by atoms with van der Waals surface area (Å²) in [5.74, 6) is -0.154. The van der Waals surface area contributed by atoms with Crippen LogP contribution in [0.3, 0.4) is 0 Å². The van der Waals surface area contributed by atoms with Crippen molar-refractivity contribution in [2.45, 2.75) is 6.54 Å². The number of nitrogens with zero attached hydrogens (tertiary/aromatic N) is 3. The second-order valence-corrected chi connectivity index (χ2v) is 3.66. The highest BCUT2D eigenvalue weighted by Gasteiger charge is 2.08. The van der Waals surface area contributed by atoms with Crippen LogP contribution in [0.5, 0.6) is 5.88 Å². The van der Waals surface area contributed by atoms with E-state index in [0.29, 0.717) is 12.2 Å². The average Bonchev–Trinajstić information content (AvgIpc) is 2.48. The van der Waals surface area contributed by atoms with Crippen molar-refractivity contribution in [2.24, 2.45) is 0 Å². The first-order valence-corrected chi connectivity index (χ1v) is 4.51. The van der Waals surface area contributed by atoms with Crippen LogP contribution in [0.1, 0.15) is 5.56 Å². The van der Waals surface area contributed by atoms with E-state index >= 15 is 0 Å². The maximum Gasteiger partial charge on any atom is 0.254 e. The van der Waals surface area contributed by atoms with Gasteiger partial charge in [-0.25, -0.2) is 0 Å². The summed E-state index contributed by atoms with van der Waals surface area (Å²) in [6.07, 6.45) is 1.63. The van der Waals surface area contributed by atoms with E-state index in [2.05, 4.69) is 10.1 Å². The number of rotatable bonds is 2. The molecule has 0 unspecified atom stereocenters. The Kier molecular flexibility index (Phi) is 2.20. The fourth-order valence-electron chi connectivity index (χ4n) is 1.48. The summed E-state index contributed by atoms with van der Waals surface area (Å²) in [6.45, 7) is 0.656. The summed E-state index contributed by atoms with van der Waals surface area (Å²) in [5.41, 5.74) is 1.07. The lowest BCUT2D eigenvalue weighted by Gasteiger charge is -2.07. The van der Waals surface area contributed by atoms with E-state index in [1.807, 2.05) is 19.0 Å². The normalized spacial score (nSPS) is 11.4. The molecule has 0 aliphatic rings. The maximum absolute atomic E-state index is 11.2. The van der Waals surface area contributed by atoms with Gasteiger partial charge < -0.3 is 15.0 Å². The largest absolute Gasteiger partial charge is 0.493 e. The highest BCUT2D eigenvalue weighted by Crippen LogP contribution is 2.12. The van der Waals surface area contributed by atoms with E-state index in [4.69, 9.17) is 0 Å². The molecule has 2 heterocycles. The van der Waals surface area contributed by atoms with E-state index in [1.165, 1.54) is 4.52 Å². The predicted octanol–water partition coefficient (Wildman–Crippen LogP) is -0.210. The molecule has 0 amide bonds. The number of fused-ring (bicyclic) bond motifs is 1. The van der Waals surface area contributed by atoms with E-state index < -0.39 is 0 Å². The van der Waals surface area contributed by atoms with E-state index in [9.17, 15) is 9.90 Å². The third-order valence-electron chi connectivity index (χ3n) is 2.05. The summed E-state index contributed by atoms with van der Waals surface area (Å²) in [4.78, 5) is 15.8. The first-order valence-electron chi connectivity index (χ1n) is 4.51. The lowest BCUT2D eigenvalue weighted by Crippen LogP contribution is -2.12. The zero-order valence-electron chi connectivity index (χ0n) is 8.56. The fraction of sp³-hybridized carbons (Fsp3) is 0.333. The molecular weight excluding hydrogens is 196 g/mol. The zero-order valence-corrected chi connectivity index (χ0v) is 8.56. The number of hydrogen-bond donors (Lipinski definition) is 2. The van der Waals surface area contributed by atoms with Crippen molar-refractivity contribution in [2.75, 3.05) is 14.1 Å². The fourth-order valence-corrected chi connectivity index (χ4v) is 1.48. The molecule has 2 rings (SSSR count). The topological polar surface area (TPSA) is 73.6 Å². The number of aromatic hydroxyl groups is 1. The average molecular weight is 208 g/mol. The molecule has 6 nitrogen and oxygen atoms in total. The van der Waals surface area contributed by atoms with Gasteiger partial charge >= 0.3 is 0 Å². The Balaban J connectivity index is 2.63. The number of H-pyrrole nitrogens is 1. The monoisotopic (exact) mass is 208 g/mol. The van der Waals surface area contributed by atoms with Crippen LogP contribution < -0.4 is 5.56 Å². The van der Waals surface area contributed by atoms with Crippen molar-refractivity contribution >= 4 is 5.65 Å². The highest BCUT2D eigenvalue weighted by molar-refractivity contribution is 5.47. The van der Waals surface area contributed by atoms with Gasteiger partial charge in [-0.2, -0.15) is 9.61 Å². The molecule has 6 heteroatoms.